The maximum atomic E-state index is 13.2. The number of hydrogen-bond donors (Lipinski definition) is 0. The van der Waals surface area contributed by atoms with Gasteiger partial charge in [-0.15, -0.1) is 0 Å². The quantitative estimate of drug-likeness (QED) is 0.803. The second kappa shape index (κ2) is 7.48. The number of nitrogens with zero attached hydrogens (tertiary/aromatic N) is 1. The summed E-state index contributed by atoms with van der Waals surface area (Å²) >= 11 is 0. The summed E-state index contributed by atoms with van der Waals surface area (Å²) in [6.07, 6.45) is 2.63. The SMILES string of the molecule is O=S(=O)(c1ccc2c(c1)OCCO2)N1CCCCC(c2ccc(F)cc2)C1. The van der Waals surface area contributed by atoms with Crippen LogP contribution in [0.25, 0.3) is 0 Å². The highest BCUT2D eigenvalue weighted by Crippen LogP contribution is 2.35. The smallest absolute Gasteiger partial charge is 0.243 e. The van der Waals surface area contributed by atoms with Crippen LogP contribution in [0.4, 0.5) is 4.39 Å². The van der Waals surface area contributed by atoms with E-state index in [1.165, 1.54) is 12.1 Å². The molecule has 27 heavy (non-hydrogen) atoms. The van der Waals surface area contributed by atoms with Crippen LogP contribution in [0, 0.1) is 5.82 Å². The second-order valence-corrected chi connectivity index (χ2v) is 8.85. The van der Waals surface area contributed by atoms with Gasteiger partial charge in [-0.2, -0.15) is 4.31 Å². The van der Waals surface area contributed by atoms with Crippen LogP contribution in [-0.4, -0.2) is 39.0 Å². The van der Waals surface area contributed by atoms with E-state index in [0.717, 1.165) is 24.8 Å². The zero-order chi connectivity index (χ0) is 18.9. The number of fused-ring (bicyclic) bond motifs is 1. The van der Waals surface area contributed by atoms with Gasteiger partial charge in [-0.05, 0) is 48.6 Å². The van der Waals surface area contributed by atoms with Crippen molar-refractivity contribution in [3.63, 3.8) is 0 Å². The Balaban J connectivity index is 1.61. The first-order chi connectivity index (χ1) is 13.0. The van der Waals surface area contributed by atoms with Crippen LogP contribution >= 0.6 is 0 Å². The van der Waals surface area contributed by atoms with E-state index in [4.69, 9.17) is 9.47 Å². The lowest BCUT2D eigenvalue weighted by molar-refractivity contribution is 0.171. The fourth-order valence-corrected chi connectivity index (χ4v) is 5.21. The summed E-state index contributed by atoms with van der Waals surface area (Å²) in [5.41, 5.74) is 0.973. The number of ether oxygens (including phenoxy) is 2. The third-order valence-electron chi connectivity index (χ3n) is 5.13. The summed E-state index contributed by atoms with van der Waals surface area (Å²) < 4.78 is 52.2. The van der Waals surface area contributed by atoms with Crippen molar-refractivity contribution in [2.45, 2.75) is 30.1 Å². The van der Waals surface area contributed by atoms with Gasteiger partial charge in [0.1, 0.15) is 19.0 Å². The first kappa shape index (κ1) is 18.3. The van der Waals surface area contributed by atoms with Crippen LogP contribution in [0.15, 0.2) is 47.4 Å². The molecule has 2 aromatic rings. The fraction of sp³-hybridized carbons (Fsp3) is 0.400. The zero-order valence-electron chi connectivity index (χ0n) is 14.9. The van der Waals surface area contributed by atoms with Crippen LogP contribution in [0.3, 0.4) is 0 Å². The predicted octanol–water partition coefficient (Wildman–Crippen LogP) is 3.56. The van der Waals surface area contributed by atoms with Gasteiger partial charge < -0.3 is 9.47 Å². The van der Waals surface area contributed by atoms with Crippen molar-refractivity contribution in [3.05, 3.63) is 53.8 Å². The van der Waals surface area contributed by atoms with Crippen LogP contribution in [0.1, 0.15) is 30.7 Å². The van der Waals surface area contributed by atoms with E-state index < -0.39 is 10.0 Å². The third-order valence-corrected chi connectivity index (χ3v) is 6.99. The van der Waals surface area contributed by atoms with Gasteiger partial charge in [0.05, 0.1) is 4.90 Å². The molecule has 0 amide bonds. The number of benzene rings is 2. The minimum absolute atomic E-state index is 0.0556. The van der Waals surface area contributed by atoms with E-state index in [9.17, 15) is 12.8 Å². The van der Waals surface area contributed by atoms with E-state index in [1.807, 2.05) is 0 Å². The molecule has 1 saturated heterocycles. The molecule has 2 heterocycles. The van der Waals surface area contributed by atoms with Crippen molar-refractivity contribution in [2.75, 3.05) is 26.3 Å². The lowest BCUT2D eigenvalue weighted by Crippen LogP contribution is -2.34. The van der Waals surface area contributed by atoms with Crippen LogP contribution < -0.4 is 9.47 Å². The summed E-state index contributed by atoms with van der Waals surface area (Å²) in [6.45, 7) is 1.74. The topological polar surface area (TPSA) is 55.8 Å². The van der Waals surface area contributed by atoms with Gasteiger partial charge in [-0.1, -0.05) is 18.6 Å². The Labute approximate surface area is 158 Å². The Kier molecular flexibility index (Phi) is 5.06. The number of sulfonamides is 1. The Morgan fingerprint density at radius 2 is 1.70 bits per heavy atom. The molecule has 1 unspecified atom stereocenters. The zero-order valence-corrected chi connectivity index (χ0v) is 15.8. The molecule has 7 heteroatoms. The molecule has 0 radical (unpaired) electrons. The first-order valence-corrected chi connectivity index (χ1v) is 10.6. The highest BCUT2D eigenvalue weighted by atomic mass is 32.2. The average Bonchev–Trinajstić information content (AvgIpc) is 2.95. The van der Waals surface area contributed by atoms with Gasteiger partial charge in [0.25, 0.3) is 0 Å². The van der Waals surface area contributed by atoms with E-state index in [0.29, 0.717) is 37.8 Å². The average molecular weight is 391 g/mol. The van der Waals surface area contributed by atoms with Gasteiger partial charge in [0.15, 0.2) is 11.5 Å². The van der Waals surface area contributed by atoms with Crippen LogP contribution in [-0.2, 0) is 10.0 Å². The maximum Gasteiger partial charge on any atom is 0.243 e. The Morgan fingerprint density at radius 1 is 0.963 bits per heavy atom. The van der Waals surface area contributed by atoms with E-state index >= 15 is 0 Å². The van der Waals surface area contributed by atoms with Crippen LogP contribution in [0.5, 0.6) is 11.5 Å². The molecular weight excluding hydrogens is 369 g/mol. The first-order valence-electron chi connectivity index (χ1n) is 9.19. The van der Waals surface area contributed by atoms with E-state index in [2.05, 4.69) is 0 Å². The number of rotatable bonds is 3. The molecule has 2 aromatic carbocycles. The molecule has 144 valence electrons. The van der Waals surface area contributed by atoms with Gasteiger partial charge in [-0.25, -0.2) is 12.8 Å². The second-order valence-electron chi connectivity index (χ2n) is 6.91. The lowest BCUT2D eigenvalue weighted by Gasteiger charge is -2.25. The highest BCUT2D eigenvalue weighted by Gasteiger charge is 2.30. The fourth-order valence-electron chi connectivity index (χ4n) is 3.67. The van der Waals surface area contributed by atoms with E-state index in [1.54, 1.807) is 34.6 Å². The van der Waals surface area contributed by atoms with Crippen molar-refractivity contribution in [2.24, 2.45) is 0 Å². The molecule has 0 aliphatic carbocycles. The molecule has 1 atom stereocenters. The van der Waals surface area contributed by atoms with Crippen LogP contribution in [0.2, 0.25) is 0 Å². The molecule has 4 rings (SSSR count). The Bertz CT molecular complexity index is 914. The van der Waals surface area contributed by atoms with Crippen molar-refractivity contribution in [3.8, 4) is 11.5 Å². The molecule has 0 bridgehead atoms. The summed E-state index contributed by atoms with van der Waals surface area (Å²) in [7, 11) is -3.64. The van der Waals surface area contributed by atoms with Gasteiger partial charge >= 0.3 is 0 Å². The molecule has 2 aliphatic rings. The maximum absolute atomic E-state index is 13.2. The van der Waals surface area contributed by atoms with Crippen molar-refractivity contribution < 1.29 is 22.3 Å². The minimum Gasteiger partial charge on any atom is -0.486 e. The molecule has 0 spiro atoms. The molecule has 0 aromatic heterocycles. The van der Waals surface area contributed by atoms with Crippen molar-refractivity contribution >= 4 is 10.0 Å². The molecule has 2 aliphatic heterocycles. The molecular formula is C20H22FNO4S. The van der Waals surface area contributed by atoms with E-state index in [-0.39, 0.29) is 16.6 Å². The highest BCUT2D eigenvalue weighted by molar-refractivity contribution is 7.89. The van der Waals surface area contributed by atoms with Gasteiger partial charge in [-0.3, -0.25) is 0 Å². The van der Waals surface area contributed by atoms with Gasteiger partial charge in [0.2, 0.25) is 10.0 Å². The summed E-state index contributed by atoms with van der Waals surface area (Å²) in [5, 5.41) is 0. The lowest BCUT2D eigenvalue weighted by atomic mass is 9.95. The summed E-state index contributed by atoms with van der Waals surface area (Å²) in [5.74, 6) is 0.806. The number of hydrogen-bond acceptors (Lipinski definition) is 4. The van der Waals surface area contributed by atoms with Crippen molar-refractivity contribution in [1.82, 2.24) is 4.31 Å². The normalized spacial score (nSPS) is 20.9. The minimum atomic E-state index is -3.64. The largest absolute Gasteiger partial charge is 0.486 e. The summed E-state index contributed by atoms with van der Waals surface area (Å²) in [4.78, 5) is 0.214. The molecule has 1 fully saturated rings. The van der Waals surface area contributed by atoms with Crippen molar-refractivity contribution in [1.29, 1.82) is 0 Å². The Hall–Kier alpha value is -2.12. The predicted molar refractivity (Wildman–Crippen MR) is 99.2 cm³/mol. The number of halogens is 1. The summed E-state index contributed by atoms with van der Waals surface area (Å²) in [6, 6.07) is 11.1. The Morgan fingerprint density at radius 3 is 2.48 bits per heavy atom. The standard InChI is InChI=1S/C20H22FNO4S/c21-17-6-4-15(5-7-17)16-3-1-2-10-22(14-16)27(23,24)18-8-9-19-20(13-18)26-12-11-25-19/h4-9,13,16H,1-3,10-12,14H2. The molecule has 0 saturated carbocycles. The monoisotopic (exact) mass is 391 g/mol. The molecule has 0 N–H and O–H groups in total. The van der Waals surface area contributed by atoms with Gasteiger partial charge in [0, 0.05) is 19.2 Å². The molecule has 5 nitrogen and oxygen atoms in total. The third kappa shape index (κ3) is 3.80.